The summed E-state index contributed by atoms with van der Waals surface area (Å²) >= 11 is 5.12. The standard InChI is InChI=1S/C14H23N3O2S/c1-11-5-6-12(13(15)20)14(16-11)17(8-10-19-3)7-4-9-18-2/h5-6H,4,7-10H2,1-3H3,(H2,15,20). The van der Waals surface area contributed by atoms with Crippen molar-refractivity contribution in [3.8, 4) is 0 Å². The zero-order valence-corrected chi connectivity index (χ0v) is 13.2. The van der Waals surface area contributed by atoms with E-state index in [1.54, 1.807) is 14.2 Å². The normalized spacial score (nSPS) is 10.6. The molecular formula is C14H23N3O2S. The fourth-order valence-corrected chi connectivity index (χ4v) is 2.06. The molecule has 0 radical (unpaired) electrons. The Balaban J connectivity index is 2.97. The smallest absolute Gasteiger partial charge is 0.139 e. The van der Waals surface area contributed by atoms with Gasteiger partial charge in [0.2, 0.25) is 0 Å². The SMILES string of the molecule is COCCCN(CCOC)c1nc(C)ccc1C(N)=S. The average molecular weight is 297 g/mol. The topological polar surface area (TPSA) is 60.6 Å². The highest BCUT2D eigenvalue weighted by Crippen LogP contribution is 2.19. The molecule has 1 rings (SSSR count). The van der Waals surface area contributed by atoms with E-state index < -0.39 is 0 Å². The van der Waals surface area contributed by atoms with Crippen LogP contribution >= 0.6 is 12.2 Å². The molecule has 5 nitrogen and oxygen atoms in total. The van der Waals surface area contributed by atoms with Crippen molar-refractivity contribution in [3.05, 3.63) is 23.4 Å². The maximum absolute atomic E-state index is 5.79. The minimum Gasteiger partial charge on any atom is -0.389 e. The van der Waals surface area contributed by atoms with Gasteiger partial charge in [-0.1, -0.05) is 12.2 Å². The lowest BCUT2D eigenvalue weighted by Crippen LogP contribution is -2.32. The van der Waals surface area contributed by atoms with E-state index in [1.165, 1.54) is 0 Å². The highest BCUT2D eigenvalue weighted by molar-refractivity contribution is 7.80. The second kappa shape index (κ2) is 8.84. The number of hydrogen-bond acceptors (Lipinski definition) is 5. The van der Waals surface area contributed by atoms with E-state index in [0.717, 1.165) is 36.6 Å². The number of aromatic nitrogens is 1. The molecule has 112 valence electrons. The van der Waals surface area contributed by atoms with Crippen LogP contribution in [0.3, 0.4) is 0 Å². The van der Waals surface area contributed by atoms with E-state index in [9.17, 15) is 0 Å². The molecule has 0 aromatic carbocycles. The Hall–Kier alpha value is -1.24. The van der Waals surface area contributed by atoms with Crippen LogP contribution in [0.25, 0.3) is 0 Å². The van der Waals surface area contributed by atoms with Crippen LogP contribution in [0.15, 0.2) is 12.1 Å². The molecule has 0 saturated carbocycles. The van der Waals surface area contributed by atoms with Crippen LogP contribution < -0.4 is 10.6 Å². The zero-order chi connectivity index (χ0) is 15.0. The Bertz CT molecular complexity index is 440. The fraction of sp³-hybridized carbons (Fsp3) is 0.571. The molecule has 0 atom stereocenters. The maximum Gasteiger partial charge on any atom is 0.139 e. The van der Waals surface area contributed by atoms with Gasteiger partial charge in [-0.2, -0.15) is 0 Å². The summed E-state index contributed by atoms with van der Waals surface area (Å²) in [6.07, 6.45) is 0.909. The molecule has 0 saturated heterocycles. The third kappa shape index (κ3) is 5.03. The first kappa shape index (κ1) is 16.8. The molecule has 1 aromatic rings. The molecule has 0 aliphatic heterocycles. The number of ether oxygens (including phenoxy) is 2. The van der Waals surface area contributed by atoms with Crippen molar-refractivity contribution in [3.63, 3.8) is 0 Å². The van der Waals surface area contributed by atoms with Crippen LogP contribution in [0, 0.1) is 6.92 Å². The first-order valence-electron chi connectivity index (χ1n) is 6.60. The van der Waals surface area contributed by atoms with Gasteiger partial charge >= 0.3 is 0 Å². The summed E-state index contributed by atoms with van der Waals surface area (Å²) in [6, 6.07) is 3.85. The Kier molecular flexibility index (Phi) is 7.43. The predicted molar refractivity (Wildman–Crippen MR) is 85.4 cm³/mol. The first-order chi connectivity index (χ1) is 9.60. The average Bonchev–Trinajstić information content (AvgIpc) is 2.42. The molecule has 0 spiro atoms. The van der Waals surface area contributed by atoms with Crippen molar-refractivity contribution in [2.75, 3.05) is 45.4 Å². The zero-order valence-electron chi connectivity index (χ0n) is 12.4. The number of thiocarbonyl (C=S) groups is 1. The molecule has 6 heteroatoms. The molecule has 1 heterocycles. The van der Waals surface area contributed by atoms with Gasteiger partial charge < -0.3 is 20.1 Å². The second-order valence-corrected chi connectivity index (χ2v) is 4.95. The van der Waals surface area contributed by atoms with Gasteiger partial charge in [-0.05, 0) is 25.5 Å². The van der Waals surface area contributed by atoms with Crippen molar-refractivity contribution in [1.82, 2.24) is 4.98 Å². The minimum absolute atomic E-state index is 0.363. The van der Waals surface area contributed by atoms with E-state index in [2.05, 4.69) is 9.88 Å². The maximum atomic E-state index is 5.79. The van der Waals surface area contributed by atoms with Crippen LogP contribution in [0.4, 0.5) is 5.82 Å². The largest absolute Gasteiger partial charge is 0.389 e. The van der Waals surface area contributed by atoms with Crippen molar-refractivity contribution in [1.29, 1.82) is 0 Å². The van der Waals surface area contributed by atoms with Crippen molar-refractivity contribution < 1.29 is 9.47 Å². The van der Waals surface area contributed by atoms with Crippen molar-refractivity contribution in [2.24, 2.45) is 5.73 Å². The molecular weight excluding hydrogens is 274 g/mol. The van der Waals surface area contributed by atoms with Crippen LogP contribution in [0.2, 0.25) is 0 Å². The molecule has 20 heavy (non-hydrogen) atoms. The van der Waals surface area contributed by atoms with Gasteiger partial charge in [-0.25, -0.2) is 4.98 Å². The van der Waals surface area contributed by atoms with Gasteiger partial charge in [-0.15, -0.1) is 0 Å². The van der Waals surface area contributed by atoms with Gasteiger partial charge in [0.1, 0.15) is 10.8 Å². The lowest BCUT2D eigenvalue weighted by atomic mass is 10.2. The van der Waals surface area contributed by atoms with Crippen molar-refractivity contribution in [2.45, 2.75) is 13.3 Å². The molecule has 2 N–H and O–H groups in total. The number of anilines is 1. The van der Waals surface area contributed by atoms with Crippen LogP contribution in [0.1, 0.15) is 17.7 Å². The summed E-state index contributed by atoms with van der Waals surface area (Å²) in [7, 11) is 3.39. The molecule has 0 bridgehead atoms. The van der Waals surface area contributed by atoms with Gasteiger partial charge in [0.25, 0.3) is 0 Å². The Morgan fingerprint density at radius 2 is 1.95 bits per heavy atom. The molecule has 0 aliphatic rings. The molecule has 0 aliphatic carbocycles. The van der Waals surface area contributed by atoms with E-state index >= 15 is 0 Å². The second-order valence-electron chi connectivity index (χ2n) is 4.51. The monoisotopic (exact) mass is 297 g/mol. The predicted octanol–water partition coefficient (Wildman–Crippen LogP) is 1.51. The number of hydrogen-bond donors (Lipinski definition) is 1. The van der Waals surface area contributed by atoms with Crippen LogP contribution in [0.5, 0.6) is 0 Å². The summed E-state index contributed by atoms with van der Waals surface area (Å²) in [5.74, 6) is 0.825. The number of aryl methyl sites for hydroxylation is 1. The third-order valence-corrected chi connectivity index (χ3v) is 3.14. The molecule has 0 amide bonds. The van der Waals surface area contributed by atoms with Gasteiger partial charge in [0.05, 0.1) is 12.2 Å². The Morgan fingerprint density at radius 3 is 2.55 bits per heavy atom. The summed E-state index contributed by atoms with van der Waals surface area (Å²) in [4.78, 5) is 7.09. The summed E-state index contributed by atoms with van der Waals surface area (Å²) in [6.45, 7) is 4.85. The third-order valence-electron chi connectivity index (χ3n) is 2.92. The van der Waals surface area contributed by atoms with E-state index in [-0.39, 0.29) is 0 Å². The molecule has 0 fully saturated rings. The highest BCUT2D eigenvalue weighted by atomic mass is 32.1. The number of methoxy groups -OCH3 is 2. The minimum atomic E-state index is 0.363. The summed E-state index contributed by atoms with van der Waals surface area (Å²) < 4.78 is 10.3. The van der Waals surface area contributed by atoms with Gasteiger partial charge in [0, 0.05) is 39.6 Å². The molecule has 0 unspecified atom stereocenters. The molecule has 1 aromatic heterocycles. The van der Waals surface area contributed by atoms with Crippen LogP contribution in [-0.2, 0) is 9.47 Å². The lowest BCUT2D eigenvalue weighted by molar-refractivity contribution is 0.191. The fourth-order valence-electron chi connectivity index (χ4n) is 1.90. The van der Waals surface area contributed by atoms with Gasteiger partial charge in [0.15, 0.2) is 0 Å². The lowest BCUT2D eigenvalue weighted by Gasteiger charge is -2.25. The van der Waals surface area contributed by atoms with Crippen molar-refractivity contribution >= 4 is 23.0 Å². The quantitative estimate of drug-likeness (QED) is 0.551. The van der Waals surface area contributed by atoms with E-state index in [4.69, 9.17) is 27.4 Å². The number of rotatable bonds is 9. The highest BCUT2D eigenvalue weighted by Gasteiger charge is 2.14. The van der Waals surface area contributed by atoms with E-state index in [0.29, 0.717) is 18.2 Å². The van der Waals surface area contributed by atoms with Crippen LogP contribution in [-0.4, -0.2) is 50.5 Å². The Morgan fingerprint density at radius 1 is 1.25 bits per heavy atom. The number of nitrogens with two attached hydrogens (primary N) is 1. The number of pyridine rings is 1. The Labute approximate surface area is 126 Å². The number of nitrogens with zero attached hydrogens (tertiary/aromatic N) is 2. The van der Waals surface area contributed by atoms with Gasteiger partial charge in [-0.3, -0.25) is 0 Å². The first-order valence-corrected chi connectivity index (χ1v) is 7.01. The van der Waals surface area contributed by atoms with E-state index in [1.807, 2.05) is 19.1 Å². The summed E-state index contributed by atoms with van der Waals surface area (Å²) in [5, 5.41) is 0. The summed E-state index contributed by atoms with van der Waals surface area (Å²) in [5.41, 5.74) is 7.54.